The number of benzene rings is 3. The fourth-order valence-electron chi connectivity index (χ4n) is 3.59. The molecule has 3 aromatic rings. The molecule has 0 bridgehead atoms. The van der Waals surface area contributed by atoms with Gasteiger partial charge in [-0.3, -0.25) is 14.5 Å². The number of nitrogens with zero attached hydrogens (tertiary/aromatic N) is 1. The van der Waals surface area contributed by atoms with E-state index in [1.807, 2.05) is 84.6 Å². The maximum atomic E-state index is 12.6. The van der Waals surface area contributed by atoms with E-state index in [1.165, 1.54) is 5.56 Å². The molecular weight excluding hydrogens is 392 g/mol. The summed E-state index contributed by atoms with van der Waals surface area (Å²) in [6, 6.07) is 23.4. The number of carbonyl (C=O) groups is 2. The Morgan fingerprint density at radius 2 is 1.83 bits per heavy atom. The molecule has 4 rings (SSSR count). The van der Waals surface area contributed by atoms with Crippen molar-refractivity contribution in [2.75, 3.05) is 16.0 Å². The standard InChI is InChI=1S/C25H24N2O2S/c1-3-18-10-12-19(13-11-18)24(29)26-21-8-5-7-20(15-21)25-27(23(28)16-30-25)22-9-4-6-17(2)14-22/h4-15,25H,3,16H2,1-2H3,(H,26,29)/t25-/m0/s1. The smallest absolute Gasteiger partial charge is 0.255 e. The van der Waals surface area contributed by atoms with Gasteiger partial charge in [-0.15, -0.1) is 11.8 Å². The predicted molar refractivity (Wildman–Crippen MR) is 124 cm³/mol. The van der Waals surface area contributed by atoms with Crippen LogP contribution in [0.15, 0.2) is 72.8 Å². The average Bonchev–Trinajstić information content (AvgIpc) is 3.15. The molecule has 0 radical (unpaired) electrons. The highest BCUT2D eigenvalue weighted by Gasteiger charge is 2.34. The molecule has 3 aromatic carbocycles. The zero-order valence-electron chi connectivity index (χ0n) is 17.1. The topological polar surface area (TPSA) is 49.4 Å². The van der Waals surface area contributed by atoms with Crippen LogP contribution in [0, 0.1) is 6.92 Å². The van der Waals surface area contributed by atoms with Crippen LogP contribution in [-0.2, 0) is 11.2 Å². The maximum Gasteiger partial charge on any atom is 0.255 e. The van der Waals surface area contributed by atoms with Crippen molar-refractivity contribution in [2.45, 2.75) is 25.6 Å². The molecule has 1 heterocycles. The molecule has 1 fully saturated rings. The van der Waals surface area contributed by atoms with Gasteiger partial charge in [0.2, 0.25) is 5.91 Å². The van der Waals surface area contributed by atoms with E-state index < -0.39 is 0 Å². The Balaban J connectivity index is 1.56. The van der Waals surface area contributed by atoms with Gasteiger partial charge in [-0.05, 0) is 66.4 Å². The number of thioether (sulfide) groups is 1. The number of aryl methyl sites for hydroxylation is 2. The molecule has 1 N–H and O–H groups in total. The summed E-state index contributed by atoms with van der Waals surface area (Å²) >= 11 is 1.60. The Morgan fingerprint density at radius 1 is 1.07 bits per heavy atom. The van der Waals surface area contributed by atoms with Crippen molar-refractivity contribution < 1.29 is 9.59 Å². The molecule has 5 heteroatoms. The van der Waals surface area contributed by atoms with E-state index in [9.17, 15) is 9.59 Å². The van der Waals surface area contributed by atoms with Gasteiger partial charge in [0, 0.05) is 16.9 Å². The first-order chi connectivity index (χ1) is 14.5. The van der Waals surface area contributed by atoms with Gasteiger partial charge < -0.3 is 5.32 Å². The van der Waals surface area contributed by atoms with E-state index in [0.29, 0.717) is 11.3 Å². The van der Waals surface area contributed by atoms with Crippen molar-refractivity contribution >= 4 is 35.0 Å². The molecule has 0 saturated carbocycles. The van der Waals surface area contributed by atoms with Gasteiger partial charge in [0.05, 0.1) is 5.75 Å². The molecule has 0 spiro atoms. The lowest BCUT2D eigenvalue weighted by Crippen LogP contribution is -2.27. The molecule has 1 atom stereocenters. The second-order valence-electron chi connectivity index (χ2n) is 7.40. The quantitative estimate of drug-likeness (QED) is 0.590. The van der Waals surface area contributed by atoms with Gasteiger partial charge in [-0.1, -0.05) is 43.3 Å². The second kappa shape index (κ2) is 8.76. The van der Waals surface area contributed by atoms with Gasteiger partial charge >= 0.3 is 0 Å². The van der Waals surface area contributed by atoms with Crippen molar-refractivity contribution in [1.82, 2.24) is 0 Å². The summed E-state index contributed by atoms with van der Waals surface area (Å²) in [6.07, 6.45) is 0.944. The Kier molecular flexibility index (Phi) is 5.91. The Labute approximate surface area is 181 Å². The molecule has 1 aliphatic rings. The third-order valence-corrected chi connectivity index (χ3v) is 6.41. The van der Waals surface area contributed by atoms with Crippen LogP contribution in [0.1, 0.15) is 39.3 Å². The average molecular weight is 417 g/mol. The highest BCUT2D eigenvalue weighted by Crippen LogP contribution is 2.42. The SMILES string of the molecule is CCc1ccc(C(=O)Nc2cccc([C@@H]3SCC(=O)N3c3cccc(C)c3)c2)cc1. The second-order valence-corrected chi connectivity index (χ2v) is 8.46. The number of nitrogens with one attached hydrogen (secondary N) is 1. The predicted octanol–water partition coefficient (Wildman–Crippen LogP) is 5.59. The van der Waals surface area contributed by atoms with Crippen LogP contribution in [0.2, 0.25) is 0 Å². The normalized spacial score (nSPS) is 16.0. The van der Waals surface area contributed by atoms with E-state index in [-0.39, 0.29) is 17.2 Å². The summed E-state index contributed by atoms with van der Waals surface area (Å²) in [6.45, 7) is 4.11. The van der Waals surface area contributed by atoms with Gasteiger partial charge in [-0.2, -0.15) is 0 Å². The van der Waals surface area contributed by atoms with Gasteiger partial charge in [0.1, 0.15) is 5.37 Å². The van der Waals surface area contributed by atoms with E-state index in [1.54, 1.807) is 11.8 Å². The highest BCUT2D eigenvalue weighted by atomic mass is 32.2. The molecular formula is C25H24N2O2S. The Bertz CT molecular complexity index is 1080. The van der Waals surface area contributed by atoms with Crippen LogP contribution in [0.5, 0.6) is 0 Å². The van der Waals surface area contributed by atoms with Crippen molar-refractivity contribution in [2.24, 2.45) is 0 Å². The summed E-state index contributed by atoms with van der Waals surface area (Å²) in [5.74, 6) is 0.403. The molecule has 0 aromatic heterocycles. The van der Waals surface area contributed by atoms with Gasteiger partial charge in [-0.25, -0.2) is 0 Å². The lowest BCUT2D eigenvalue weighted by atomic mass is 10.1. The molecule has 0 unspecified atom stereocenters. The van der Waals surface area contributed by atoms with Gasteiger partial charge in [0.15, 0.2) is 0 Å². The molecule has 30 heavy (non-hydrogen) atoms. The molecule has 2 amide bonds. The van der Waals surface area contributed by atoms with Crippen LogP contribution >= 0.6 is 11.8 Å². The fourth-order valence-corrected chi connectivity index (χ4v) is 4.76. The first kappa shape index (κ1) is 20.2. The zero-order chi connectivity index (χ0) is 21.1. The summed E-state index contributed by atoms with van der Waals surface area (Å²) in [5, 5.41) is 2.87. The largest absolute Gasteiger partial charge is 0.322 e. The van der Waals surface area contributed by atoms with Crippen LogP contribution in [-0.4, -0.2) is 17.6 Å². The number of hydrogen-bond donors (Lipinski definition) is 1. The first-order valence-electron chi connectivity index (χ1n) is 10.1. The van der Waals surface area contributed by atoms with E-state index in [2.05, 4.69) is 12.2 Å². The molecule has 152 valence electrons. The van der Waals surface area contributed by atoms with Crippen LogP contribution < -0.4 is 10.2 Å². The Morgan fingerprint density at radius 3 is 2.57 bits per heavy atom. The molecule has 1 saturated heterocycles. The van der Waals surface area contributed by atoms with Crippen LogP contribution in [0.4, 0.5) is 11.4 Å². The van der Waals surface area contributed by atoms with Crippen molar-refractivity contribution in [3.05, 3.63) is 95.1 Å². The van der Waals surface area contributed by atoms with E-state index in [4.69, 9.17) is 0 Å². The van der Waals surface area contributed by atoms with Gasteiger partial charge in [0.25, 0.3) is 5.91 Å². The molecule has 4 nitrogen and oxygen atoms in total. The minimum absolute atomic E-state index is 0.0982. The summed E-state index contributed by atoms with van der Waals surface area (Å²) in [4.78, 5) is 27.1. The number of carbonyl (C=O) groups excluding carboxylic acids is 2. The molecule has 1 aliphatic heterocycles. The van der Waals surface area contributed by atoms with Crippen LogP contribution in [0.3, 0.4) is 0 Å². The number of rotatable bonds is 5. The lowest BCUT2D eigenvalue weighted by molar-refractivity contribution is -0.115. The zero-order valence-corrected chi connectivity index (χ0v) is 17.9. The van der Waals surface area contributed by atoms with Crippen molar-refractivity contribution in [1.29, 1.82) is 0 Å². The number of amides is 2. The lowest BCUT2D eigenvalue weighted by Gasteiger charge is -2.25. The third-order valence-electron chi connectivity index (χ3n) is 5.20. The number of anilines is 2. The third kappa shape index (κ3) is 4.26. The number of hydrogen-bond acceptors (Lipinski definition) is 3. The first-order valence-corrected chi connectivity index (χ1v) is 11.1. The minimum Gasteiger partial charge on any atom is -0.322 e. The summed E-state index contributed by atoms with van der Waals surface area (Å²) < 4.78 is 0. The van der Waals surface area contributed by atoms with Crippen LogP contribution in [0.25, 0.3) is 0 Å². The molecule has 0 aliphatic carbocycles. The monoisotopic (exact) mass is 416 g/mol. The summed E-state index contributed by atoms with van der Waals surface area (Å²) in [5.41, 5.74) is 5.57. The highest BCUT2D eigenvalue weighted by molar-refractivity contribution is 8.00. The fraction of sp³-hybridized carbons (Fsp3) is 0.200. The maximum absolute atomic E-state index is 12.6. The summed E-state index contributed by atoms with van der Waals surface area (Å²) in [7, 11) is 0. The van der Waals surface area contributed by atoms with Crippen molar-refractivity contribution in [3.8, 4) is 0 Å². The van der Waals surface area contributed by atoms with E-state index >= 15 is 0 Å². The van der Waals surface area contributed by atoms with Crippen molar-refractivity contribution in [3.63, 3.8) is 0 Å². The van der Waals surface area contributed by atoms with E-state index in [0.717, 1.165) is 28.9 Å². The Hall–Kier alpha value is -3.05. The minimum atomic E-state index is -0.138.